The Morgan fingerprint density at radius 2 is 1.81 bits per heavy atom. The van der Waals surface area contributed by atoms with Gasteiger partial charge in [0.2, 0.25) is 0 Å². The second kappa shape index (κ2) is 5.13. The quantitative estimate of drug-likeness (QED) is 0.887. The van der Waals surface area contributed by atoms with Gasteiger partial charge in [-0.05, 0) is 24.6 Å². The van der Waals surface area contributed by atoms with Crippen molar-refractivity contribution in [2.75, 3.05) is 6.61 Å². The topological polar surface area (TPSA) is 57.6 Å². The van der Waals surface area contributed by atoms with E-state index in [9.17, 15) is 14.7 Å². The van der Waals surface area contributed by atoms with E-state index in [1.165, 1.54) is 0 Å². The van der Waals surface area contributed by atoms with Crippen LogP contribution in [0.4, 0.5) is 0 Å². The molecule has 5 heteroatoms. The van der Waals surface area contributed by atoms with Crippen molar-refractivity contribution in [3.05, 3.63) is 46.5 Å². The molecule has 1 aliphatic heterocycles. The van der Waals surface area contributed by atoms with Crippen LogP contribution in [-0.2, 0) is 0 Å². The van der Waals surface area contributed by atoms with Crippen molar-refractivity contribution in [3.8, 4) is 0 Å². The summed E-state index contributed by atoms with van der Waals surface area (Å²) in [4.78, 5) is 26.4. The van der Waals surface area contributed by atoms with Gasteiger partial charge in [0, 0.05) is 26.9 Å². The molecule has 0 radical (unpaired) electrons. The normalized spacial score (nSPS) is 15.7. The van der Waals surface area contributed by atoms with Gasteiger partial charge in [-0.25, -0.2) is 0 Å². The first-order valence-electron chi connectivity index (χ1n) is 6.80. The number of aliphatic hydroxyl groups is 1. The van der Waals surface area contributed by atoms with E-state index in [4.69, 9.17) is 11.6 Å². The molecule has 0 bridgehead atoms. The molecule has 0 aliphatic carbocycles. The van der Waals surface area contributed by atoms with Crippen molar-refractivity contribution >= 4 is 34.2 Å². The lowest BCUT2D eigenvalue weighted by Crippen LogP contribution is -2.48. The molecule has 2 aromatic carbocycles. The Bertz CT molecular complexity index is 730. The minimum absolute atomic E-state index is 0.243. The van der Waals surface area contributed by atoms with E-state index in [0.29, 0.717) is 33.3 Å². The summed E-state index contributed by atoms with van der Waals surface area (Å²) in [6.07, 6.45) is 0.507. The van der Waals surface area contributed by atoms with E-state index < -0.39 is 6.04 Å². The van der Waals surface area contributed by atoms with Gasteiger partial charge in [0.25, 0.3) is 11.8 Å². The summed E-state index contributed by atoms with van der Waals surface area (Å²) >= 11 is 6.15. The standard InChI is InChI=1S/C16H14ClNO3/c1-2-9(8-19)18-15(20)11-5-3-4-10-13(17)7-6-12(14(10)11)16(18)21/h3-7,9,19H,2,8H2,1H3/t9-/m1/s1. The number of hydrogen-bond donors (Lipinski definition) is 1. The van der Waals surface area contributed by atoms with Crippen molar-refractivity contribution in [2.24, 2.45) is 0 Å². The number of benzene rings is 2. The van der Waals surface area contributed by atoms with Gasteiger partial charge in [0.15, 0.2) is 0 Å². The fourth-order valence-corrected chi connectivity index (χ4v) is 3.02. The van der Waals surface area contributed by atoms with Crippen LogP contribution in [0, 0.1) is 0 Å². The summed E-state index contributed by atoms with van der Waals surface area (Å²) in [7, 11) is 0. The predicted octanol–water partition coefficient (Wildman–Crippen LogP) is 2.86. The van der Waals surface area contributed by atoms with E-state index in [0.717, 1.165) is 4.90 Å². The summed E-state index contributed by atoms with van der Waals surface area (Å²) in [5.41, 5.74) is 0.910. The SMILES string of the molecule is CC[C@H](CO)N1C(=O)c2cccc3c(Cl)ccc(c23)C1=O. The average molecular weight is 304 g/mol. The summed E-state index contributed by atoms with van der Waals surface area (Å²) in [6.45, 7) is 1.59. The van der Waals surface area contributed by atoms with E-state index in [1.807, 2.05) is 6.92 Å². The van der Waals surface area contributed by atoms with E-state index in [-0.39, 0.29) is 18.4 Å². The molecule has 0 spiro atoms. The van der Waals surface area contributed by atoms with Crippen LogP contribution < -0.4 is 0 Å². The van der Waals surface area contributed by atoms with Crippen LogP contribution in [0.25, 0.3) is 10.8 Å². The third kappa shape index (κ3) is 1.94. The molecular weight excluding hydrogens is 290 g/mol. The van der Waals surface area contributed by atoms with Gasteiger partial charge >= 0.3 is 0 Å². The zero-order chi connectivity index (χ0) is 15.1. The Labute approximate surface area is 126 Å². The molecule has 4 nitrogen and oxygen atoms in total. The predicted molar refractivity (Wildman–Crippen MR) is 80.6 cm³/mol. The Kier molecular flexibility index (Phi) is 3.43. The lowest BCUT2D eigenvalue weighted by atomic mass is 9.93. The van der Waals surface area contributed by atoms with E-state index in [1.54, 1.807) is 30.3 Å². The molecule has 1 N–H and O–H groups in total. The van der Waals surface area contributed by atoms with Crippen molar-refractivity contribution in [3.63, 3.8) is 0 Å². The molecule has 0 unspecified atom stereocenters. The highest BCUT2D eigenvalue weighted by atomic mass is 35.5. The van der Waals surface area contributed by atoms with Gasteiger partial charge < -0.3 is 5.11 Å². The molecule has 0 saturated carbocycles. The summed E-state index contributed by atoms with van der Waals surface area (Å²) < 4.78 is 0. The van der Waals surface area contributed by atoms with Gasteiger partial charge in [-0.3, -0.25) is 14.5 Å². The van der Waals surface area contributed by atoms with Crippen LogP contribution in [0.2, 0.25) is 5.02 Å². The highest BCUT2D eigenvalue weighted by Crippen LogP contribution is 2.34. The first-order valence-corrected chi connectivity index (χ1v) is 7.18. The van der Waals surface area contributed by atoms with E-state index in [2.05, 4.69) is 0 Å². The second-order valence-corrected chi connectivity index (χ2v) is 5.46. The van der Waals surface area contributed by atoms with Crippen LogP contribution in [0.1, 0.15) is 34.1 Å². The maximum atomic E-state index is 12.6. The van der Waals surface area contributed by atoms with Crippen LogP contribution in [-0.4, -0.2) is 34.5 Å². The molecular formula is C16H14ClNO3. The Balaban J connectivity index is 2.29. The summed E-state index contributed by atoms with van der Waals surface area (Å²) in [6, 6.07) is 8.02. The summed E-state index contributed by atoms with van der Waals surface area (Å²) in [5.74, 6) is -0.748. The molecule has 21 heavy (non-hydrogen) atoms. The number of rotatable bonds is 3. The number of aliphatic hydroxyl groups excluding tert-OH is 1. The molecule has 2 aromatic rings. The number of hydrogen-bond acceptors (Lipinski definition) is 3. The van der Waals surface area contributed by atoms with Gasteiger partial charge in [-0.1, -0.05) is 30.7 Å². The smallest absolute Gasteiger partial charge is 0.261 e. The third-order valence-corrected chi connectivity index (χ3v) is 4.26. The number of halogens is 1. The van der Waals surface area contributed by atoms with Crippen molar-refractivity contribution in [2.45, 2.75) is 19.4 Å². The maximum Gasteiger partial charge on any atom is 0.261 e. The minimum Gasteiger partial charge on any atom is -0.394 e. The van der Waals surface area contributed by atoms with Gasteiger partial charge in [0.05, 0.1) is 12.6 Å². The number of imide groups is 1. The van der Waals surface area contributed by atoms with Crippen LogP contribution in [0.5, 0.6) is 0 Å². The largest absolute Gasteiger partial charge is 0.394 e. The van der Waals surface area contributed by atoms with Crippen LogP contribution in [0.3, 0.4) is 0 Å². The van der Waals surface area contributed by atoms with Crippen LogP contribution >= 0.6 is 11.6 Å². The molecule has 0 saturated heterocycles. The molecule has 0 aromatic heterocycles. The first kappa shape index (κ1) is 14.0. The number of carbonyl (C=O) groups is 2. The molecule has 1 atom stereocenters. The number of carbonyl (C=O) groups excluding carboxylic acids is 2. The number of amides is 2. The van der Waals surface area contributed by atoms with Crippen molar-refractivity contribution in [1.29, 1.82) is 0 Å². The fourth-order valence-electron chi connectivity index (χ4n) is 2.80. The molecule has 2 amide bonds. The van der Waals surface area contributed by atoms with Crippen molar-refractivity contribution < 1.29 is 14.7 Å². The monoisotopic (exact) mass is 303 g/mol. The Morgan fingerprint density at radius 3 is 2.43 bits per heavy atom. The molecule has 1 aliphatic rings. The highest BCUT2D eigenvalue weighted by Gasteiger charge is 2.36. The fraction of sp³-hybridized carbons (Fsp3) is 0.250. The molecule has 0 fully saturated rings. The Morgan fingerprint density at radius 1 is 1.14 bits per heavy atom. The number of nitrogens with zero attached hydrogens (tertiary/aromatic N) is 1. The van der Waals surface area contributed by atoms with Gasteiger partial charge in [-0.2, -0.15) is 0 Å². The van der Waals surface area contributed by atoms with Crippen molar-refractivity contribution in [1.82, 2.24) is 4.90 Å². The zero-order valence-corrected chi connectivity index (χ0v) is 12.2. The second-order valence-electron chi connectivity index (χ2n) is 5.05. The Hall–Kier alpha value is -1.91. The average Bonchev–Trinajstić information content (AvgIpc) is 2.50. The molecule has 108 valence electrons. The molecule has 1 heterocycles. The van der Waals surface area contributed by atoms with Crippen LogP contribution in [0.15, 0.2) is 30.3 Å². The van der Waals surface area contributed by atoms with E-state index >= 15 is 0 Å². The third-order valence-electron chi connectivity index (χ3n) is 3.93. The highest BCUT2D eigenvalue weighted by molar-refractivity contribution is 6.38. The maximum absolute atomic E-state index is 12.6. The van der Waals surface area contributed by atoms with Gasteiger partial charge in [-0.15, -0.1) is 0 Å². The lowest BCUT2D eigenvalue weighted by molar-refractivity contribution is 0.0466. The zero-order valence-electron chi connectivity index (χ0n) is 11.5. The first-order chi connectivity index (χ1) is 10.1. The minimum atomic E-state index is -0.510. The molecule has 3 rings (SSSR count). The summed E-state index contributed by atoms with van der Waals surface area (Å²) in [5, 5.41) is 11.2. The lowest BCUT2D eigenvalue weighted by Gasteiger charge is -2.32. The van der Waals surface area contributed by atoms with Gasteiger partial charge in [0.1, 0.15) is 0 Å².